The van der Waals surface area contributed by atoms with Gasteiger partial charge in [-0.3, -0.25) is 0 Å². The molecule has 3 aromatic rings. The van der Waals surface area contributed by atoms with E-state index in [4.69, 9.17) is 4.74 Å². The predicted molar refractivity (Wildman–Crippen MR) is 121 cm³/mol. The van der Waals surface area contributed by atoms with Crippen LogP contribution in [-0.4, -0.2) is 25.3 Å². The summed E-state index contributed by atoms with van der Waals surface area (Å²) in [6.07, 6.45) is 2.10. The first-order chi connectivity index (χ1) is 13.5. The Labute approximate surface area is 172 Å². The van der Waals surface area contributed by atoms with Gasteiger partial charge < -0.3 is 15.0 Å². The molecule has 0 atom stereocenters. The average molecular weight is 393 g/mol. The second-order valence-corrected chi connectivity index (χ2v) is 7.98. The van der Waals surface area contributed by atoms with Crippen LogP contribution in [0.4, 0.5) is 5.69 Å². The molecule has 0 aliphatic heterocycles. The maximum atomic E-state index is 6.25. The third kappa shape index (κ3) is 5.54. The maximum Gasteiger partial charge on any atom is 0.131 e. The molecular weight excluding hydrogens is 364 g/mol. The van der Waals surface area contributed by atoms with Gasteiger partial charge in [-0.1, -0.05) is 24.3 Å². The first kappa shape index (κ1) is 20.3. The summed E-state index contributed by atoms with van der Waals surface area (Å²) in [4.78, 5) is 3.45. The van der Waals surface area contributed by atoms with Gasteiger partial charge in [0.15, 0.2) is 0 Å². The molecule has 0 saturated heterocycles. The molecule has 0 aliphatic carbocycles. The average Bonchev–Trinajstić information content (AvgIpc) is 2.68. The molecule has 0 unspecified atom stereocenters. The van der Waals surface area contributed by atoms with Crippen molar-refractivity contribution in [1.29, 1.82) is 0 Å². The molecule has 0 amide bonds. The number of nitrogens with one attached hydrogen (secondary N) is 1. The Morgan fingerprint density at radius 1 is 0.964 bits per heavy atom. The summed E-state index contributed by atoms with van der Waals surface area (Å²) in [6, 6.07) is 23.0. The summed E-state index contributed by atoms with van der Waals surface area (Å²) in [5.74, 6) is 1.79. The molecule has 0 fully saturated rings. The van der Waals surface area contributed by atoms with Gasteiger partial charge in [0.1, 0.15) is 11.5 Å². The first-order valence-electron chi connectivity index (χ1n) is 9.43. The van der Waals surface area contributed by atoms with Crippen molar-refractivity contribution in [2.24, 2.45) is 0 Å². The minimum Gasteiger partial charge on any atom is -0.457 e. The fourth-order valence-electron chi connectivity index (χ4n) is 3.11. The zero-order valence-corrected chi connectivity index (χ0v) is 17.8. The quantitative estimate of drug-likeness (QED) is 0.462. The van der Waals surface area contributed by atoms with Gasteiger partial charge in [0.05, 0.1) is 0 Å². The number of ether oxygens (including phenoxy) is 1. The third-order valence-corrected chi connectivity index (χ3v) is 5.37. The number of rotatable bonds is 8. The normalized spacial score (nSPS) is 10.9. The number of aryl methyl sites for hydroxylation is 1. The zero-order valence-electron chi connectivity index (χ0n) is 17.0. The Balaban J connectivity index is 1.79. The molecule has 0 aromatic heterocycles. The van der Waals surface area contributed by atoms with Crippen LogP contribution in [0.25, 0.3) is 0 Å². The van der Waals surface area contributed by atoms with Crippen LogP contribution in [0, 0.1) is 6.92 Å². The Morgan fingerprint density at radius 3 is 2.43 bits per heavy atom. The van der Waals surface area contributed by atoms with Crippen molar-refractivity contribution in [1.82, 2.24) is 4.90 Å². The second kappa shape index (κ2) is 9.67. The largest absolute Gasteiger partial charge is 0.457 e. The fourth-order valence-corrected chi connectivity index (χ4v) is 3.69. The van der Waals surface area contributed by atoms with E-state index in [0.29, 0.717) is 0 Å². The van der Waals surface area contributed by atoms with Crippen molar-refractivity contribution in [2.45, 2.75) is 24.9 Å². The van der Waals surface area contributed by atoms with Crippen molar-refractivity contribution in [3.05, 3.63) is 83.4 Å². The molecule has 0 bridgehead atoms. The smallest absolute Gasteiger partial charge is 0.131 e. The lowest BCUT2D eigenvalue weighted by atomic mass is 10.1. The van der Waals surface area contributed by atoms with Crippen molar-refractivity contribution < 1.29 is 4.74 Å². The number of nitrogens with zero attached hydrogens (tertiary/aromatic N) is 1. The minimum absolute atomic E-state index is 0.784. The summed E-state index contributed by atoms with van der Waals surface area (Å²) in [5.41, 5.74) is 4.79. The van der Waals surface area contributed by atoms with E-state index in [1.54, 1.807) is 11.8 Å². The lowest BCUT2D eigenvalue weighted by molar-refractivity contribution is 0.388. The molecule has 4 heteroatoms. The van der Waals surface area contributed by atoms with E-state index in [0.717, 1.165) is 30.3 Å². The SMILES string of the molecule is CSc1ccc(Oc2ccc(CNc3ccccc3)cc2CN(C)C)cc1C. The maximum absolute atomic E-state index is 6.25. The lowest BCUT2D eigenvalue weighted by Gasteiger charge is -2.17. The highest BCUT2D eigenvalue weighted by molar-refractivity contribution is 7.98. The number of anilines is 1. The van der Waals surface area contributed by atoms with Crippen LogP contribution in [-0.2, 0) is 13.1 Å². The highest BCUT2D eigenvalue weighted by atomic mass is 32.2. The molecule has 28 heavy (non-hydrogen) atoms. The molecule has 1 N–H and O–H groups in total. The summed E-state index contributed by atoms with van der Waals surface area (Å²) < 4.78 is 6.25. The van der Waals surface area contributed by atoms with E-state index in [2.05, 4.69) is 80.0 Å². The van der Waals surface area contributed by atoms with Gasteiger partial charge in [-0.2, -0.15) is 0 Å². The van der Waals surface area contributed by atoms with Gasteiger partial charge in [-0.25, -0.2) is 0 Å². The van der Waals surface area contributed by atoms with Crippen LogP contribution in [0.3, 0.4) is 0 Å². The lowest BCUT2D eigenvalue weighted by Crippen LogP contribution is -2.12. The Kier molecular flexibility index (Phi) is 7.01. The van der Waals surface area contributed by atoms with Crippen molar-refractivity contribution in [2.75, 3.05) is 25.7 Å². The standard InChI is InChI=1S/C24H28N2OS/c1-18-14-22(11-13-24(18)28-4)27-23-12-10-19(15-20(23)17-26(2)3)16-25-21-8-6-5-7-9-21/h5-15,25H,16-17H2,1-4H3. The van der Waals surface area contributed by atoms with Crippen LogP contribution >= 0.6 is 11.8 Å². The molecule has 3 aromatic carbocycles. The van der Waals surface area contributed by atoms with Crippen molar-refractivity contribution in [3.63, 3.8) is 0 Å². The molecule has 0 aliphatic rings. The Morgan fingerprint density at radius 2 is 1.75 bits per heavy atom. The molecule has 0 spiro atoms. The van der Waals surface area contributed by atoms with E-state index < -0.39 is 0 Å². The van der Waals surface area contributed by atoms with E-state index in [-0.39, 0.29) is 0 Å². The number of hydrogen-bond acceptors (Lipinski definition) is 4. The van der Waals surface area contributed by atoms with Crippen LogP contribution in [0.5, 0.6) is 11.5 Å². The number of thioether (sulfide) groups is 1. The summed E-state index contributed by atoms with van der Waals surface area (Å²) in [6.45, 7) is 3.74. The monoisotopic (exact) mass is 392 g/mol. The highest BCUT2D eigenvalue weighted by Gasteiger charge is 2.09. The van der Waals surface area contributed by atoms with Crippen molar-refractivity contribution in [3.8, 4) is 11.5 Å². The van der Waals surface area contributed by atoms with Gasteiger partial charge in [0, 0.05) is 29.2 Å². The molecule has 146 valence electrons. The van der Waals surface area contributed by atoms with Gasteiger partial charge in [0.25, 0.3) is 0 Å². The Hall–Kier alpha value is -2.43. The van der Waals surface area contributed by atoms with Crippen LogP contribution in [0.1, 0.15) is 16.7 Å². The van der Waals surface area contributed by atoms with E-state index in [1.807, 2.05) is 24.3 Å². The molecule has 0 heterocycles. The Bertz CT molecular complexity index is 910. The van der Waals surface area contributed by atoms with Gasteiger partial charge in [0.2, 0.25) is 0 Å². The van der Waals surface area contributed by atoms with Crippen LogP contribution < -0.4 is 10.1 Å². The van der Waals surface area contributed by atoms with Crippen molar-refractivity contribution >= 4 is 17.4 Å². The summed E-state index contributed by atoms with van der Waals surface area (Å²) >= 11 is 1.76. The molecular formula is C24H28N2OS. The molecule has 3 rings (SSSR count). The molecule has 0 saturated carbocycles. The number of benzene rings is 3. The topological polar surface area (TPSA) is 24.5 Å². The van der Waals surface area contributed by atoms with E-state index >= 15 is 0 Å². The van der Waals surface area contributed by atoms with Crippen LogP contribution in [0.2, 0.25) is 0 Å². The third-order valence-electron chi connectivity index (χ3n) is 4.48. The predicted octanol–water partition coefficient (Wildman–Crippen LogP) is 6.18. The second-order valence-electron chi connectivity index (χ2n) is 7.13. The molecule has 3 nitrogen and oxygen atoms in total. The van der Waals surface area contributed by atoms with Crippen LogP contribution in [0.15, 0.2) is 71.6 Å². The number of hydrogen-bond donors (Lipinski definition) is 1. The zero-order chi connectivity index (χ0) is 19.9. The van der Waals surface area contributed by atoms with E-state index in [1.165, 1.54) is 21.6 Å². The van der Waals surface area contributed by atoms with Gasteiger partial charge in [-0.15, -0.1) is 11.8 Å². The minimum atomic E-state index is 0.784. The first-order valence-corrected chi connectivity index (χ1v) is 10.7. The molecule has 0 radical (unpaired) electrons. The van der Waals surface area contributed by atoms with Gasteiger partial charge >= 0.3 is 0 Å². The van der Waals surface area contributed by atoms with E-state index in [9.17, 15) is 0 Å². The highest BCUT2D eigenvalue weighted by Crippen LogP contribution is 2.30. The number of para-hydroxylation sites is 1. The van der Waals surface area contributed by atoms with Gasteiger partial charge in [-0.05, 0) is 80.9 Å². The summed E-state index contributed by atoms with van der Waals surface area (Å²) in [7, 11) is 4.16. The fraction of sp³-hybridized carbons (Fsp3) is 0.250. The summed E-state index contributed by atoms with van der Waals surface area (Å²) in [5, 5.41) is 3.47.